The Kier molecular flexibility index (Phi) is 6.60. The molecule has 1 amide bonds. The molecule has 4 rings (SSSR count). The number of carbonyl (C=O) groups is 1. The molecular weight excluding hydrogens is 470 g/mol. The Balaban J connectivity index is 1.68. The summed E-state index contributed by atoms with van der Waals surface area (Å²) in [7, 11) is -3.10. The van der Waals surface area contributed by atoms with E-state index in [-0.39, 0.29) is 34.8 Å². The topological polar surface area (TPSA) is 89.3 Å². The molecule has 32 heavy (non-hydrogen) atoms. The molecule has 0 spiro atoms. The lowest BCUT2D eigenvalue weighted by atomic mass is 10.2. The van der Waals surface area contributed by atoms with E-state index >= 15 is 0 Å². The maximum absolute atomic E-state index is 13.3. The molecule has 1 unspecified atom stereocenters. The summed E-state index contributed by atoms with van der Waals surface area (Å²) in [5, 5.41) is 1.20. The molecule has 0 N–H and O–H groups in total. The Morgan fingerprint density at radius 1 is 1.22 bits per heavy atom. The smallest absolute Gasteiger partial charge is 0.266 e. The fourth-order valence-corrected chi connectivity index (χ4v) is 6.77. The van der Waals surface area contributed by atoms with Crippen LogP contribution in [0.3, 0.4) is 0 Å². The van der Waals surface area contributed by atoms with Gasteiger partial charge in [0.05, 0.1) is 38.9 Å². The highest BCUT2D eigenvalue weighted by atomic mass is 35.5. The SMILES string of the molecule is CCN(C(=O)CSc1nc2ccccc2c(=O)n1-c1ccccc1Cl)C1CCS(=O)(=O)C1. The van der Waals surface area contributed by atoms with Crippen molar-refractivity contribution in [1.29, 1.82) is 0 Å². The second-order valence-corrected chi connectivity index (χ2v) is 11.1. The number of nitrogens with zero attached hydrogens (tertiary/aromatic N) is 3. The molecule has 1 atom stereocenters. The number of carbonyl (C=O) groups excluding carboxylic acids is 1. The van der Waals surface area contributed by atoms with Gasteiger partial charge >= 0.3 is 0 Å². The van der Waals surface area contributed by atoms with Crippen LogP contribution >= 0.6 is 23.4 Å². The van der Waals surface area contributed by atoms with E-state index < -0.39 is 9.84 Å². The van der Waals surface area contributed by atoms with Crippen molar-refractivity contribution in [2.24, 2.45) is 0 Å². The van der Waals surface area contributed by atoms with Gasteiger partial charge in [-0.05, 0) is 37.6 Å². The summed E-state index contributed by atoms with van der Waals surface area (Å²) >= 11 is 7.52. The first-order valence-electron chi connectivity index (χ1n) is 10.2. The second kappa shape index (κ2) is 9.25. The zero-order valence-corrected chi connectivity index (χ0v) is 19.8. The molecule has 1 aliphatic rings. The van der Waals surface area contributed by atoms with Crippen LogP contribution in [-0.4, -0.2) is 58.6 Å². The average Bonchev–Trinajstić information content (AvgIpc) is 3.13. The maximum Gasteiger partial charge on any atom is 0.266 e. The van der Waals surface area contributed by atoms with E-state index in [1.807, 2.05) is 6.92 Å². The standard InChI is InChI=1S/C22H22ClN3O4S2/c1-2-25(15-11-12-32(29,30)14-15)20(27)13-31-22-24-18-9-5-3-7-16(18)21(28)26(22)19-10-6-4-8-17(19)23/h3-10,15H,2,11-14H2,1H3. The molecule has 2 heterocycles. The van der Waals surface area contributed by atoms with Crippen molar-refractivity contribution in [3.05, 3.63) is 63.9 Å². The van der Waals surface area contributed by atoms with Crippen LogP contribution in [0.25, 0.3) is 16.6 Å². The molecule has 0 radical (unpaired) electrons. The molecular formula is C22H22ClN3O4S2. The zero-order valence-electron chi connectivity index (χ0n) is 17.4. The van der Waals surface area contributed by atoms with Crippen LogP contribution in [0.1, 0.15) is 13.3 Å². The summed E-state index contributed by atoms with van der Waals surface area (Å²) in [5.41, 5.74) is 0.750. The second-order valence-electron chi connectivity index (χ2n) is 7.53. The van der Waals surface area contributed by atoms with Gasteiger partial charge in [0.1, 0.15) is 0 Å². The van der Waals surface area contributed by atoms with Gasteiger partial charge in [0.2, 0.25) is 5.91 Å². The Morgan fingerprint density at radius 2 is 1.94 bits per heavy atom. The number of rotatable bonds is 6. The van der Waals surface area contributed by atoms with Crippen LogP contribution in [-0.2, 0) is 14.6 Å². The van der Waals surface area contributed by atoms with E-state index in [4.69, 9.17) is 11.6 Å². The first-order chi connectivity index (χ1) is 15.3. The molecule has 0 saturated carbocycles. The van der Waals surface area contributed by atoms with E-state index in [2.05, 4.69) is 4.98 Å². The first kappa shape index (κ1) is 22.8. The van der Waals surface area contributed by atoms with Gasteiger partial charge in [0.25, 0.3) is 5.56 Å². The van der Waals surface area contributed by atoms with Gasteiger partial charge in [-0.3, -0.25) is 14.2 Å². The number of hydrogen-bond donors (Lipinski definition) is 0. The molecule has 1 fully saturated rings. The summed E-state index contributed by atoms with van der Waals surface area (Å²) in [5.74, 6) is -0.0600. The highest BCUT2D eigenvalue weighted by Gasteiger charge is 2.34. The fraction of sp³-hybridized carbons (Fsp3) is 0.318. The van der Waals surface area contributed by atoms with Crippen LogP contribution < -0.4 is 5.56 Å². The number of aromatic nitrogens is 2. The Morgan fingerprint density at radius 3 is 2.62 bits per heavy atom. The quantitative estimate of drug-likeness (QED) is 0.388. The predicted molar refractivity (Wildman–Crippen MR) is 128 cm³/mol. The third-order valence-electron chi connectivity index (χ3n) is 5.47. The van der Waals surface area contributed by atoms with Gasteiger partial charge in [-0.25, -0.2) is 13.4 Å². The Hall–Kier alpha value is -2.36. The lowest BCUT2D eigenvalue weighted by Crippen LogP contribution is -2.42. The fourth-order valence-electron chi connectivity index (χ4n) is 3.92. The van der Waals surface area contributed by atoms with Gasteiger partial charge in [-0.2, -0.15) is 0 Å². The summed E-state index contributed by atoms with van der Waals surface area (Å²) < 4.78 is 25.1. The summed E-state index contributed by atoms with van der Waals surface area (Å²) in [6.45, 7) is 2.25. The molecule has 0 bridgehead atoms. The van der Waals surface area contributed by atoms with E-state index in [1.54, 1.807) is 53.4 Å². The van der Waals surface area contributed by atoms with Crippen molar-refractivity contribution in [3.8, 4) is 5.69 Å². The molecule has 1 aliphatic heterocycles. The number of halogens is 1. The minimum atomic E-state index is -3.10. The third-order valence-corrected chi connectivity index (χ3v) is 8.47. The number of fused-ring (bicyclic) bond motifs is 1. The number of amides is 1. The Labute approximate surface area is 195 Å². The van der Waals surface area contributed by atoms with Crippen molar-refractivity contribution in [1.82, 2.24) is 14.5 Å². The van der Waals surface area contributed by atoms with Crippen molar-refractivity contribution in [2.45, 2.75) is 24.5 Å². The number of sulfone groups is 1. The van der Waals surface area contributed by atoms with Crippen molar-refractivity contribution >= 4 is 50.0 Å². The van der Waals surface area contributed by atoms with Crippen molar-refractivity contribution < 1.29 is 13.2 Å². The number of thioether (sulfide) groups is 1. The van der Waals surface area contributed by atoms with Gasteiger partial charge in [0.15, 0.2) is 15.0 Å². The van der Waals surface area contributed by atoms with Crippen LogP contribution in [0.2, 0.25) is 5.02 Å². The van der Waals surface area contributed by atoms with Gasteiger partial charge in [-0.15, -0.1) is 0 Å². The zero-order chi connectivity index (χ0) is 22.9. The van der Waals surface area contributed by atoms with Crippen molar-refractivity contribution in [2.75, 3.05) is 23.8 Å². The van der Waals surface area contributed by atoms with Crippen molar-refractivity contribution in [3.63, 3.8) is 0 Å². The number of benzene rings is 2. The molecule has 168 valence electrons. The minimum Gasteiger partial charge on any atom is -0.338 e. The van der Waals surface area contributed by atoms with Crippen LogP contribution in [0.5, 0.6) is 0 Å². The maximum atomic E-state index is 13.3. The van der Waals surface area contributed by atoms with Crippen LogP contribution in [0.4, 0.5) is 0 Å². The van der Waals surface area contributed by atoms with Gasteiger partial charge in [-0.1, -0.05) is 47.6 Å². The number of para-hydroxylation sites is 2. The monoisotopic (exact) mass is 491 g/mol. The Bertz CT molecular complexity index is 1340. The third kappa shape index (κ3) is 4.55. The highest BCUT2D eigenvalue weighted by Crippen LogP contribution is 2.26. The molecule has 0 aliphatic carbocycles. The summed E-state index contributed by atoms with van der Waals surface area (Å²) in [4.78, 5) is 32.5. The normalized spacial score (nSPS) is 17.5. The summed E-state index contributed by atoms with van der Waals surface area (Å²) in [6.07, 6.45) is 0.450. The van der Waals surface area contributed by atoms with Gasteiger partial charge < -0.3 is 4.90 Å². The minimum absolute atomic E-state index is 0.00416. The average molecular weight is 492 g/mol. The van der Waals surface area contributed by atoms with E-state index in [0.29, 0.717) is 39.7 Å². The summed E-state index contributed by atoms with van der Waals surface area (Å²) in [6, 6.07) is 13.7. The largest absolute Gasteiger partial charge is 0.338 e. The van der Waals surface area contributed by atoms with Gasteiger partial charge in [0, 0.05) is 12.6 Å². The van der Waals surface area contributed by atoms with E-state index in [9.17, 15) is 18.0 Å². The highest BCUT2D eigenvalue weighted by molar-refractivity contribution is 7.99. The molecule has 1 saturated heterocycles. The molecule has 10 heteroatoms. The lowest BCUT2D eigenvalue weighted by molar-refractivity contribution is -0.129. The predicted octanol–water partition coefficient (Wildman–Crippen LogP) is 3.17. The van der Waals surface area contributed by atoms with E-state index in [1.165, 1.54) is 4.57 Å². The van der Waals surface area contributed by atoms with Crippen LogP contribution in [0.15, 0.2) is 58.5 Å². The molecule has 7 nitrogen and oxygen atoms in total. The molecule has 3 aromatic rings. The van der Waals surface area contributed by atoms with Crippen LogP contribution in [0, 0.1) is 0 Å². The first-order valence-corrected chi connectivity index (χ1v) is 13.4. The van der Waals surface area contributed by atoms with E-state index in [0.717, 1.165) is 11.8 Å². The number of hydrogen-bond acceptors (Lipinski definition) is 6. The lowest BCUT2D eigenvalue weighted by Gasteiger charge is -2.26. The molecule has 1 aromatic heterocycles. The molecule has 2 aromatic carbocycles.